The maximum Gasteiger partial charge on any atom is 0.261 e. The molecule has 0 aliphatic rings. The van der Waals surface area contributed by atoms with Crippen LogP contribution in [-0.2, 0) is 22.6 Å². The number of carbonyl (C=O) groups excluding carboxylic acids is 2. The van der Waals surface area contributed by atoms with Crippen LogP contribution in [-0.4, -0.2) is 43.5 Å². The van der Waals surface area contributed by atoms with E-state index in [2.05, 4.69) is 5.32 Å². The van der Waals surface area contributed by atoms with E-state index in [4.69, 9.17) is 9.47 Å². The highest BCUT2D eigenvalue weighted by molar-refractivity contribution is 5.88. The monoisotopic (exact) mass is 450 g/mol. The Morgan fingerprint density at radius 1 is 0.909 bits per heavy atom. The van der Waals surface area contributed by atoms with Crippen molar-refractivity contribution in [1.82, 2.24) is 10.2 Å². The van der Waals surface area contributed by atoms with Crippen LogP contribution in [0.2, 0.25) is 0 Å². The standard InChI is InChI=1S/C26H27FN2O4/c1-28-26(31)22(16-19-8-4-3-5-9-19)29(17-20-12-14-21(27)15-13-20)25(30)18-33-24-11-7-6-10-23(24)32-2/h3-15,22H,16-18H2,1-2H3,(H,28,31). The van der Waals surface area contributed by atoms with Crippen LogP contribution in [0.15, 0.2) is 78.9 Å². The Hall–Kier alpha value is -3.87. The Balaban J connectivity index is 1.87. The van der Waals surface area contributed by atoms with E-state index in [0.29, 0.717) is 23.5 Å². The minimum atomic E-state index is -0.781. The zero-order valence-electron chi connectivity index (χ0n) is 18.7. The zero-order chi connectivity index (χ0) is 23.6. The number of nitrogens with one attached hydrogen (secondary N) is 1. The molecule has 0 heterocycles. The van der Waals surface area contributed by atoms with Crippen LogP contribution >= 0.6 is 0 Å². The first-order chi connectivity index (χ1) is 16.0. The van der Waals surface area contributed by atoms with Gasteiger partial charge < -0.3 is 19.7 Å². The van der Waals surface area contributed by atoms with E-state index in [1.165, 1.54) is 31.2 Å². The molecule has 3 aromatic rings. The number of amides is 2. The first-order valence-electron chi connectivity index (χ1n) is 10.6. The first kappa shape index (κ1) is 23.8. The summed E-state index contributed by atoms with van der Waals surface area (Å²) in [5, 5.41) is 2.65. The molecule has 7 heteroatoms. The molecule has 0 aromatic heterocycles. The van der Waals surface area contributed by atoms with Gasteiger partial charge in [-0.25, -0.2) is 4.39 Å². The lowest BCUT2D eigenvalue weighted by molar-refractivity contribution is -0.142. The van der Waals surface area contributed by atoms with Crippen molar-refractivity contribution < 1.29 is 23.5 Å². The molecule has 2 amide bonds. The second kappa shape index (κ2) is 11.7. The molecule has 0 aliphatic heterocycles. The molecule has 0 fully saturated rings. The van der Waals surface area contributed by atoms with Gasteiger partial charge in [0, 0.05) is 20.0 Å². The molecule has 172 valence electrons. The highest BCUT2D eigenvalue weighted by Crippen LogP contribution is 2.26. The molecular formula is C26H27FN2O4. The van der Waals surface area contributed by atoms with Crippen molar-refractivity contribution in [2.45, 2.75) is 19.0 Å². The van der Waals surface area contributed by atoms with E-state index in [1.807, 2.05) is 30.3 Å². The number of hydrogen-bond acceptors (Lipinski definition) is 4. The number of para-hydroxylation sites is 2. The van der Waals surface area contributed by atoms with Gasteiger partial charge in [0.2, 0.25) is 5.91 Å². The Kier molecular flexibility index (Phi) is 8.41. The summed E-state index contributed by atoms with van der Waals surface area (Å²) in [5.41, 5.74) is 1.61. The predicted molar refractivity (Wildman–Crippen MR) is 123 cm³/mol. The van der Waals surface area contributed by atoms with E-state index in [-0.39, 0.29) is 30.8 Å². The smallest absolute Gasteiger partial charge is 0.261 e. The summed E-state index contributed by atoms with van der Waals surface area (Å²) in [5.74, 6) is -0.123. The van der Waals surface area contributed by atoms with Crippen LogP contribution in [0.5, 0.6) is 11.5 Å². The lowest BCUT2D eigenvalue weighted by Crippen LogP contribution is -2.51. The molecule has 0 spiro atoms. The fraction of sp³-hybridized carbons (Fsp3) is 0.231. The summed E-state index contributed by atoms with van der Waals surface area (Å²) >= 11 is 0. The summed E-state index contributed by atoms with van der Waals surface area (Å²) in [6.45, 7) is -0.164. The summed E-state index contributed by atoms with van der Waals surface area (Å²) in [4.78, 5) is 27.7. The van der Waals surface area contributed by atoms with Crippen molar-refractivity contribution in [3.05, 3.63) is 95.8 Å². The predicted octanol–water partition coefficient (Wildman–Crippen LogP) is 3.60. The van der Waals surface area contributed by atoms with E-state index in [1.54, 1.807) is 36.4 Å². The number of benzene rings is 3. The van der Waals surface area contributed by atoms with Crippen LogP contribution < -0.4 is 14.8 Å². The van der Waals surface area contributed by atoms with Crippen LogP contribution in [0.3, 0.4) is 0 Å². The van der Waals surface area contributed by atoms with Gasteiger partial charge in [-0.3, -0.25) is 9.59 Å². The number of nitrogens with zero attached hydrogens (tertiary/aromatic N) is 1. The molecule has 0 aliphatic carbocycles. The highest BCUT2D eigenvalue weighted by atomic mass is 19.1. The lowest BCUT2D eigenvalue weighted by atomic mass is 10.0. The second-order valence-corrected chi connectivity index (χ2v) is 7.41. The number of halogens is 1. The maximum absolute atomic E-state index is 13.4. The average molecular weight is 451 g/mol. The number of methoxy groups -OCH3 is 1. The van der Waals surface area contributed by atoms with Gasteiger partial charge in [0.1, 0.15) is 11.9 Å². The summed E-state index contributed by atoms with van der Waals surface area (Å²) < 4.78 is 24.4. The molecule has 0 saturated carbocycles. The third-order valence-electron chi connectivity index (χ3n) is 5.20. The number of carbonyl (C=O) groups is 2. The third kappa shape index (κ3) is 6.55. The molecule has 6 nitrogen and oxygen atoms in total. The highest BCUT2D eigenvalue weighted by Gasteiger charge is 2.30. The molecule has 0 bridgehead atoms. The summed E-state index contributed by atoms with van der Waals surface area (Å²) in [6.07, 6.45) is 0.322. The number of likely N-dealkylation sites (N-methyl/N-ethyl adjacent to an activating group) is 1. The van der Waals surface area contributed by atoms with E-state index in [0.717, 1.165) is 5.56 Å². The Labute approximate surface area is 192 Å². The molecule has 3 rings (SSSR count). The normalized spacial score (nSPS) is 11.4. The molecule has 3 aromatic carbocycles. The van der Waals surface area contributed by atoms with E-state index >= 15 is 0 Å². The SMILES string of the molecule is CNC(=O)C(Cc1ccccc1)N(Cc1ccc(F)cc1)C(=O)COc1ccccc1OC. The Bertz CT molecular complexity index is 1060. The number of hydrogen-bond donors (Lipinski definition) is 1. The van der Waals surface area contributed by atoms with Crippen molar-refractivity contribution in [3.8, 4) is 11.5 Å². The molecular weight excluding hydrogens is 423 g/mol. The van der Waals surface area contributed by atoms with E-state index in [9.17, 15) is 14.0 Å². The number of ether oxygens (including phenoxy) is 2. The van der Waals surface area contributed by atoms with Gasteiger partial charge in [0.15, 0.2) is 18.1 Å². The minimum absolute atomic E-state index is 0.124. The van der Waals surface area contributed by atoms with Crippen molar-refractivity contribution in [2.75, 3.05) is 20.8 Å². The van der Waals surface area contributed by atoms with Gasteiger partial charge in [-0.1, -0.05) is 54.6 Å². The van der Waals surface area contributed by atoms with Crippen LogP contribution in [0.25, 0.3) is 0 Å². The van der Waals surface area contributed by atoms with E-state index < -0.39 is 6.04 Å². The van der Waals surface area contributed by atoms with Crippen molar-refractivity contribution in [3.63, 3.8) is 0 Å². The fourth-order valence-corrected chi connectivity index (χ4v) is 3.47. The minimum Gasteiger partial charge on any atom is -0.493 e. The molecule has 0 saturated heterocycles. The van der Waals surface area contributed by atoms with Crippen LogP contribution in [0.1, 0.15) is 11.1 Å². The zero-order valence-corrected chi connectivity index (χ0v) is 18.7. The second-order valence-electron chi connectivity index (χ2n) is 7.41. The van der Waals surface area contributed by atoms with Gasteiger partial charge in [-0.2, -0.15) is 0 Å². The van der Waals surface area contributed by atoms with Crippen molar-refractivity contribution in [1.29, 1.82) is 0 Å². The van der Waals surface area contributed by atoms with Crippen molar-refractivity contribution >= 4 is 11.8 Å². The quantitative estimate of drug-likeness (QED) is 0.513. The molecule has 1 atom stereocenters. The topological polar surface area (TPSA) is 67.9 Å². The average Bonchev–Trinajstić information content (AvgIpc) is 2.86. The molecule has 0 radical (unpaired) electrons. The Morgan fingerprint density at radius 3 is 2.18 bits per heavy atom. The lowest BCUT2D eigenvalue weighted by Gasteiger charge is -2.31. The maximum atomic E-state index is 13.4. The van der Waals surface area contributed by atoms with Crippen LogP contribution in [0.4, 0.5) is 4.39 Å². The van der Waals surface area contributed by atoms with Gasteiger partial charge in [0.25, 0.3) is 5.91 Å². The fourth-order valence-electron chi connectivity index (χ4n) is 3.47. The summed E-state index contributed by atoms with van der Waals surface area (Å²) in [7, 11) is 3.05. The molecule has 33 heavy (non-hydrogen) atoms. The van der Waals surface area contributed by atoms with Crippen LogP contribution in [0, 0.1) is 5.82 Å². The third-order valence-corrected chi connectivity index (χ3v) is 5.20. The Morgan fingerprint density at radius 2 is 1.55 bits per heavy atom. The van der Waals surface area contributed by atoms with Crippen molar-refractivity contribution in [2.24, 2.45) is 0 Å². The first-order valence-corrected chi connectivity index (χ1v) is 10.6. The molecule has 1 N–H and O–H groups in total. The van der Waals surface area contributed by atoms with Gasteiger partial charge >= 0.3 is 0 Å². The molecule has 1 unspecified atom stereocenters. The number of rotatable bonds is 10. The van der Waals surface area contributed by atoms with Gasteiger partial charge in [-0.15, -0.1) is 0 Å². The van der Waals surface area contributed by atoms with Gasteiger partial charge in [-0.05, 0) is 35.4 Å². The van der Waals surface area contributed by atoms with Gasteiger partial charge in [0.05, 0.1) is 7.11 Å². The largest absolute Gasteiger partial charge is 0.493 e. The summed E-state index contributed by atoms with van der Waals surface area (Å²) in [6, 6.07) is 21.6.